The molecule has 1 atom stereocenters. The van der Waals surface area contributed by atoms with Crippen molar-refractivity contribution in [2.45, 2.75) is 45.1 Å². The van der Waals surface area contributed by atoms with Gasteiger partial charge in [-0.1, -0.05) is 13.0 Å². The van der Waals surface area contributed by atoms with Crippen molar-refractivity contribution in [2.24, 2.45) is 5.92 Å². The van der Waals surface area contributed by atoms with Crippen LogP contribution in [0.1, 0.15) is 38.2 Å². The number of carbonyl (C=O) groups excluding carboxylic acids is 1. The molecular weight excluding hydrogens is 300 g/mol. The molecule has 0 saturated carbocycles. The monoisotopic (exact) mass is 330 g/mol. The first-order chi connectivity index (χ1) is 11.7. The number of nitrogens with zero attached hydrogens (tertiary/aromatic N) is 3. The van der Waals surface area contributed by atoms with Crippen molar-refractivity contribution in [1.29, 1.82) is 0 Å². The third-order valence-corrected chi connectivity index (χ3v) is 5.43. The third kappa shape index (κ3) is 4.69. The van der Waals surface area contributed by atoms with E-state index in [1.807, 2.05) is 23.4 Å². The van der Waals surface area contributed by atoms with Gasteiger partial charge in [0.2, 0.25) is 0 Å². The van der Waals surface area contributed by atoms with Gasteiger partial charge in [-0.05, 0) is 62.7 Å². The summed E-state index contributed by atoms with van der Waals surface area (Å²) in [4.78, 5) is 21.1. The molecule has 0 spiro atoms. The van der Waals surface area contributed by atoms with E-state index in [1.54, 1.807) is 0 Å². The molecule has 2 amide bonds. The van der Waals surface area contributed by atoms with E-state index in [9.17, 15) is 4.79 Å². The first kappa shape index (κ1) is 17.2. The summed E-state index contributed by atoms with van der Waals surface area (Å²) in [6, 6.07) is 4.60. The van der Waals surface area contributed by atoms with Crippen LogP contribution in [0.3, 0.4) is 0 Å². The summed E-state index contributed by atoms with van der Waals surface area (Å²) in [6.45, 7) is 7.19. The fraction of sp³-hybridized carbons (Fsp3) is 0.684. The van der Waals surface area contributed by atoms with Crippen LogP contribution in [0.25, 0.3) is 0 Å². The number of rotatable bonds is 4. The maximum atomic E-state index is 12.5. The number of piperidine rings is 2. The molecule has 5 heteroatoms. The van der Waals surface area contributed by atoms with Gasteiger partial charge in [0, 0.05) is 38.1 Å². The van der Waals surface area contributed by atoms with Gasteiger partial charge in [-0.3, -0.25) is 4.98 Å². The number of likely N-dealkylation sites (tertiary alicyclic amines) is 2. The highest BCUT2D eigenvalue weighted by atomic mass is 16.2. The van der Waals surface area contributed by atoms with Gasteiger partial charge in [0.25, 0.3) is 0 Å². The van der Waals surface area contributed by atoms with Crippen molar-refractivity contribution >= 4 is 6.03 Å². The number of aromatic nitrogens is 1. The quantitative estimate of drug-likeness (QED) is 0.923. The van der Waals surface area contributed by atoms with Crippen LogP contribution in [0.15, 0.2) is 24.5 Å². The standard InChI is InChI=1S/C19H30N4O/c1-2-22-10-4-6-18(15-22)21-19(24)23-11-7-16(8-12-23)13-17-5-3-9-20-14-17/h3,5,9,14,16,18H,2,4,6-8,10-13,15H2,1H3,(H,21,24)/t18-/m0/s1. The van der Waals surface area contributed by atoms with Crippen molar-refractivity contribution < 1.29 is 4.79 Å². The summed E-state index contributed by atoms with van der Waals surface area (Å²) in [5.41, 5.74) is 1.31. The molecule has 0 bridgehead atoms. The smallest absolute Gasteiger partial charge is 0.317 e. The first-order valence-electron chi connectivity index (χ1n) is 9.41. The van der Waals surface area contributed by atoms with E-state index in [-0.39, 0.29) is 6.03 Å². The van der Waals surface area contributed by atoms with Crippen molar-refractivity contribution in [2.75, 3.05) is 32.7 Å². The molecule has 2 saturated heterocycles. The second-order valence-electron chi connectivity index (χ2n) is 7.18. The van der Waals surface area contributed by atoms with Crippen molar-refractivity contribution in [3.8, 4) is 0 Å². The van der Waals surface area contributed by atoms with Gasteiger partial charge >= 0.3 is 6.03 Å². The Kier molecular flexibility index (Phi) is 6.07. The number of hydrogen-bond donors (Lipinski definition) is 1. The van der Waals surface area contributed by atoms with Gasteiger partial charge in [-0.2, -0.15) is 0 Å². The van der Waals surface area contributed by atoms with E-state index < -0.39 is 0 Å². The van der Waals surface area contributed by atoms with Gasteiger partial charge in [0.1, 0.15) is 0 Å². The summed E-state index contributed by atoms with van der Waals surface area (Å²) < 4.78 is 0. The fourth-order valence-electron chi connectivity index (χ4n) is 3.92. The first-order valence-corrected chi connectivity index (χ1v) is 9.41. The molecule has 3 heterocycles. The van der Waals surface area contributed by atoms with Crippen LogP contribution in [-0.2, 0) is 6.42 Å². The molecule has 0 aliphatic carbocycles. The molecule has 1 aromatic heterocycles. The van der Waals surface area contributed by atoms with Crippen LogP contribution in [0.2, 0.25) is 0 Å². The minimum atomic E-state index is 0.137. The molecule has 0 aromatic carbocycles. The Morgan fingerprint density at radius 3 is 2.83 bits per heavy atom. The largest absolute Gasteiger partial charge is 0.334 e. The van der Waals surface area contributed by atoms with Crippen LogP contribution < -0.4 is 5.32 Å². The third-order valence-electron chi connectivity index (χ3n) is 5.43. The highest BCUT2D eigenvalue weighted by Gasteiger charge is 2.26. The fourth-order valence-corrected chi connectivity index (χ4v) is 3.92. The minimum absolute atomic E-state index is 0.137. The Labute approximate surface area is 145 Å². The summed E-state index contributed by atoms with van der Waals surface area (Å²) in [6.07, 6.45) is 9.34. The molecule has 0 unspecified atom stereocenters. The molecule has 2 aliphatic rings. The summed E-state index contributed by atoms with van der Waals surface area (Å²) in [5, 5.41) is 3.25. The van der Waals surface area contributed by atoms with Crippen LogP contribution in [0.5, 0.6) is 0 Å². The highest BCUT2D eigenvalue weighted by molar-refractivity contribution is 5.74. The average Bonchev–Trinajstić information content (AvgIpc) is 2.63. The van der Waals surface area contributed by atoms with Crippen molar-refractivity contribution in [1.82, 2.24) is 20.1 Å². The lowest BCUT2D eigenvalue weighted by atomic mass is 9.91. The molecule has 0 radical (unpaired) electrons. The highest BCUT2D eigenvalue weighted by Crippen LogP contribution is 2.21. The molecule has 2 aliphatic heterocycles. The topological polar surface area (TPSA) is 48.5 Å². The predicted molar refractivity (Wildman–Crippen MR) is 95.9 cm³/mol. The molecule has 1 aromatic rings. The van der Waals surface area contributed by atoms with Crippen molar-refractivity contribution in [3.63, 3.8) is 0 Å². The maximum absolute atomic E-state index is 12.5. The van der Waals surface area contributed by atoms with Crippen LogP contribution >= 0.6 is 0 Å². The van der Waals surface area contributed by atoms with Gasteiger partial charge in [-0.15, -0.1) is 0 Å². The number of hydrogen-bond acceptors (Lipinski definition) is 3. The summed E-state index contributed by atoms with van der Waals surface area (Å²) >= 11 is 0. The van der Waals surface area contributed by atoms with Gasteiger partial charge in [-0.25, -0.2) is 4.79 Å². The molecular formula is C19H30N4O. The Morgan fingerprint density at radius 2 is 2.12 bits per heavy atom. The van der Waals surface area contributed by atoms with E-state index in [4.69, 9.17) is 0 Å². The Bertz CT molecular complexity index is 513. The molecule has 3 rings (SSSR count). The Morgan fingerprint density at radius 1 is 1.29 bits per heavy atom. The lowest BCUT2D eigenvalue weighted by Crippen LogP contribution is -2.52. The summed E-state index contributed by atoms with van der Waals surface area (Å²) in [7, 11) is 0. The van der Waals surface area contributed by atoms with E-state index >= 15 is 0 Å². The molecule has 1 N–H and O–H groups in total. The van der Waals surface area contributed by atoms with Gasteiger partial charge < -0.3 is 15.1 Å². The predicted octanol–water partition coefficient (Wildman–Crippen LogP) is 2.53. The number of nitrogens with one attached hydrogen (secondary N) is 1. The minimum Gasteiger partial charge on any atom is -0.334 e. The average molecular weight is 330 g/mol. The number of likely N-dealkylation sites (N-methyl/N-ethyl adjacent to an activating group) is 1. The van der Waals surface area contributed by atoms with Crippen LogP contribution in [0, 0.1) is 5.92 Å². The zero-order valence-electron chi connectivity index (χ0n) is 14.8. The normalized spacial score (nSPS) is 23.2. The lowest BCUT2D eigenvalue weighted by Gasteiger charge is -2.36. The van der Waals surface area contributed by atoms with Crippen molar-refractivity contribution in [3.05, 3.63) is 30.1 Å². The molecule has 24 heavy (non-hydrogen) atoms. The zero-order chi connectivity index (χ0) is 16.8. The number of amides is 2. The SMILES string of the molecule is CCN1CCC[C@H](NC(=O)N2CCC(Cc3cccnc3)CC2)C1. The number of carbonyl (C=O) groups is 1. The molecule has 2 fully saturated rings. The Hall–Kier alpha value is -1.62. The van der Waals surface area contributed by atoms with E-state index in [0.717, 1.165) is 51.9 Å². The van der Waals surface area contributed by atoms with Crippen LogP contribution in [0.4, 0.5) is 4.79 Å². The number of pyridine rings is 1. The second kappa shape index (κ2) is 8.47. The lowest BCUT2D eigenvalue weighted by molar-refractivity contribution is 0.153. The van der Waals surface area contributed by atoms with E-state index in [2.05, 4.69) is 28.2 Å². The van der Waals surface area contributed by atoms with Crippen LogP contribution in [-0.4, -0.2) is 59.6 Å². The van der Waals surface area contributed by atoms with E-state index in [0.29, 0.717) is 12.0 Å². The number of urea groups is 1. The maximum Gasteiger partial charge on any atom is 0.317 e. The zero-order valence-corrected chi connectivity index (χ0v) is 14.8. The van der Waals surface area contributed by atoms with Gasteiger partial charge in [0.05, 0.1) is 0 Å². The molecule has 5 nitrogen and oxygen atoms in total. The molecule has 132 valence electrons. The summed E-state index contributed by atoms with van der Waals surface area (Å²) in [5.74, 6) is 0.670. The Balaban J connectivity index is 1.42. The van der Waals surface area contributed by atoms with E-state index in [1.165, 1.54) is 18.5 Å². The second-order valence-corrected chi connectivity index (χ2v) is 7.18. The van der Waals surface area contributed by atoms with Gasteiger partial charge in [0.15, 0.2) is 0 Å².